The number of thioether (sulfide) groups is 1. The Labute approximate surface area is 446 Å². The highest BCUT2D eigenvalue weighted by atomic mass is 32.2. The van der Waals surface area contributed by atoms with Crippen LogP contribution in [0.2, 0.25) is 0 Å². The zero-order chi connectivity index (χ0) is 54.9. The molecule has 7 rings (SSSR count). The third-order valence-electron chi connectivity index (χ3n) is 16.8. The Hall–Kier alpha value is -4.03. The number of esters is 2. The summed E-state index contributed by atoms with van der Waals surface area (Å²) < 4.78 is 54.0. The Morgan fingerprint density at radius 3 is 2.32 bits per heavy atom. The lowest BCUT2D eigenvalue weighted by atomic mass is 9.70. The second-order valence-corrected chi connectivity index (χ2v) is 23.5. The van der Waals surface area contributed by atoms with Gasteiger partial charge in [0.05, 0.1) is 65.3 Å². The quantitative estimate of drug-likeness (QED) is 0.139. The van der Waals surface area contributed by atoms with Gasteiger partial charge >= 0.3 is 11.9 Å². The first kappa shape index (κ1) is 58.6. The monoisotopic (exact) mass is 1070 g/mol. The van der Waals surface area contributed by atoms with Crippen LogP contribution in [0.25, 0.3) is 11.0 Å². The predicted octanol–water partition coefficient (Wildman–Crippen LogP) is 5.40. The Morgan fingerprint density at radius 1 is 0.947 bits per heavy atom. The molecule has 0 aliphatic carbocycles. The molecule has 3 aromatic heterocycles. The average molecular weight is 1070 g/mol. The lowest BCUT2D eigenvalue weighted by molar-refractivity contribution is -0.319. The number of cyclic esters (lactones) is 1. The summed E-state index contributed by atoms with van der Waals surface area (Å²) in [6.07, 6.45) is -0.256. The summed E-state index contributed by atoms with van der Waals surface area (Å²) in [4.78, 5) is 60.0. The number of nitrogen functional groups attached to an aromatic ring is 1. The average Bonchev–Trinajstić information content (AvgIpc) is 3.93. The number of carbonyl (C=O) groups excluding carboxylic acids is 3. The number of anilines is 2. The van der Waals surface area contributed by atoms with Gasteiger partial charge in [0.1, 0.15) is 34.9 Å². The highest BCUT2D eigenvalue weighted by Gasteiger charge is 2.62. The first-order chi connectivity index (χ1) is 35.4. The maximum Gasteiger partial charge on any atom is 0.320 e. The number of nitrogens with zero attached hydrogens (tertiary/aromatic N) is 5. The van der Waals surface area contributed by atoms with Crippen molar-refractivity contribution in [2.75, 3.05) is 45.1 Å². The van der Waals surface area contributed by atoms with E-state index in [2.05, 4.69) is 20.3 Å². The zero-order valence-corrected chi connectivity index (χ0v) is 47.1. The highest BCUT2D eigenvalue weighted by Crippen LogP contribution is 2.50. The van der Waals surface area contributed by atoms with E-state index in [1.807, 2.05) is 77.2 Å². The molecule has 0 radical (unpaired) electrons. The van der Waals surface area contributed by atoms with Crippen LogP contribution < -0.4 is 11.1 Å². The molecule has 4 saturated heterocycles. The molecule has 0 unspecified atom stereocenters. The van der Waals surface area contributed by atoms with Gasteiger partial charge in [-0.25, -0.2) is 9.97 Å². The maximum absolute atomic E-state index is 15.3. The van der Waals surface area contributed by atoms with E-state index in [9.17, 15) is 15.0 Å². The van der Waals surface area contributed by atoms with Gasteiger partial charge in [0.15, 0.2) is 24.0 Å². The number of ether oxygens (including phenoxy) is 8. The Balaban J connectivity index is 1.25. The van der Waals surface area contributed by atoms with Crippen molar-refractivity contribution in [1.82, 2.24) is 24.4 Å². The van der Waals surface area contributed by atoms with E-state index in [-0.39, 0.29) is 43.0 Å². The molecular formula is C54H83N7O13S. The number of aromatic nitrogens is 4. The molecule has 7 heterocycles. The molecule has 4 aliphatic heterocycles. The molecule has 4 aliphatic rings. The number of Topliss-reactive ketones (excluding diaryl/α,β-unsaturated/α-hetero) is 1. The second-order valence-electron chi connectivity index (χ2n) is 22.3. The maximum atomic E-state index is 15.3. The molecule has 0 spiro atoms. The SMILES string of the molecule is CC[C@H]1OC(=O)[C@H](C)[C@@H](O[C@H]2C[C@@](C)(OC)[C@@H](O)[C@H](C)O2)[C@H](C)[C@@H](O[C@@H]2O[C@H](C)C[C@H](N(C)C)[C@H]2O)[C@](C)(OC)C[C@@H](C)C(=O)[C@H](C)[C@H]2[C@H](SCCn3cnc4c(N)ncc(NCc5cccnc5)c43)C(=O)O[C@@]21C. The van der Waals surface area contributed by atoms with Gasteiger partial charge in [-0.05, 0) is 86.5 Å². The highest BCUT2D eigenvalue weighted by molar-refractivity contribution is 8.00. The summed E-state index contributed by atoms with van der Waals surface area (Å²) in [6, 6.07) is 3.53. The van der Waals surface area contributed by atoms with Gasteiger partial charge in [0.2, 0.25) is 0 Å². The molecule has 21 heteroatoms. The van der Waals surface area contributed by atoms with Crippen LogP contribution >= 0.6 is 11.8 Å². The Morgan fingerprint density at radius 2 is 1.67 bits per heavy atom. The van der Waals surface area contributed by atoms with E-state index in [0.29, 0.717) is 30.8 Å². The molecule has 418 valence electrons. The number of methoxy groups -OCH3 is 2. The van der Waals surface area contributed by atoms with E-state index in [4.69, 9.17) is 43.6 Å². The van der Waals surface area contributed by atoms with Crippen molar-refractivity contribution >= 4 is 52.0 Å². The zero-order valence-electron chi connectivity index (χ0n) is 46.3. The first-order valence-corrected chi connectivity index (χ1v) is 27.5. The molecule has 0 saturated carbocycles. The number of hydrogen-bond donors (Lipinski definition) is 4. The van der Waals surface area contributed by atoms with Gasteiger partial charge in [-0.15, -0.1) is 11.8 Å². The number of aliphatic hydroxyl groups is 2. The molecular weight excluding hydrogens is 987 g/mol. The van der Waals surface area contributed by atoms with Crippen molar-refractivity contribution in [1.29, 1.82) is 0 Å². The standard InChI is InChI=1S/C54H83N7O13S/c1-15-37-54(10)39(45(50(66)74-54)75-20-19-61-27-59-40-41(61)35(26-58-48(40)55)57-25-34-17-16-18-56-24-34)30(4)42(62)28(2)22-53(9,68-14)47(73-51-43(63)36(60(11)12)21-29(3)69-51)31(5)44(32(6)49(65)71-37)72-38-23-52(8,67-13)46(64)33(7)70-38/h16-18,24,26-33,36-39,43-47,51,57,63-64H,15,19-23,25H2,1-14H3,(H2,55,58)/t28-,29-,30-,31+,32-,33+,36+,37-,38+,39+,43-,44+,45+,46+,47-,51+,52-,53-,54-/m1/s1. The predicted molar refractivity (Wildman–Crippen MR) is 282 cm³/mol. The number of pyridine rings is 2. The number of nitrogens with one attached hydrogen (secondary N) is 1. The normalized spacial score (nSPS) is 39.2. The van der Waals surface area contributed by atoms with E-state index in [1.54, 1.807) is 59.7 Å². The summed E-state index contributed by atoms with van der Waals surface area (Å²) in [5, 5.41) is 25.7. The topological polar surface area (TPSA) is 250 Å². The number of carbonyl (C=O) groups is 3. The molecule has 19 atom stereocenters. The second kappa shape index (κ2) is 23.9. The molecule has 20 nitrogen and oxygen atoms in total. The summed E-state index contributed by atoms with van der Waals surface area (Å²) in [5.41, 5.74) is 5.51. The minimum absolute atomic E-state index is 0.113. The van der Waals surface area contributed by atoms with Gasteiger partial charge in [-0.3, -0.25) is 19.4 Å². The van der Waals surface area contributed by atoms with E-state index < -0.39 is 113 Å². The molecule has 5 N–H and O–H groups in total. The number of nitrogens with two attached hydrogens (primary N) is 1. The molecule has 0 aromatic carbocycles. The van der Waals surface area contributed by atoms with Crippen LogP contribution in [0.1, 0.15) is 100 Å². The van der Waals surface area contributed by atoms with Crippen LogP contribution in [0, 0.1) is 29.6 Å². The third kappa shape index (κ3) is 12.0. The van der Waals surface area contributed by atoms with Gasteiger partial charge in [-0.2, -0.15) is 0 Å². The molecule has 75 heavy (non-hydrogen) atoms. The van der Waals surface area contributed by atoms with Gasteiger partial charge < -0.3 is 68.6 Å². The summed E-state index contributed by atoms with van der Waals surface area (Å²) in [5.74, 6) is -4.58. The van der Waals surface area contributed by atoms with Crippen LogP contribution in [0.5, 0.6) is 0 Å². The number of aryl methyl sites for hydroxylation is 1. The fourth-order valence-corrected chi connectivity index (χ4v) is 13.7. The largest absolute Gasteiger partial charge is 0.458 e. The van der Waals surface area contributed by atoms with Crippen molar-refractivity contribution in [2.45, 2.75) is 191 Å². The van der Waals surface area contributed by atoms with E-state index in [1.165, 1.54) is 18.9 Å². The molecule has 0 bridgehead atoms. The Bertz CT molecular complexity index is 2440. The van der Waals surface area contributed by atoms with Crippen LogP contribution in [-0.2, 0) is 65.4 Å². The summed E-state index contributed by atoms with van der Waals surface area (Å²) in [6.45, 7) is 19.1. The van der Waals surface area contributed by atoms with Gasteiger partial charge in [0.25, 0.3) is 0 Å². The molecule has 4 fully saturated rings. The van der Waals surface area contributed by atoms with Crippen LogP contribution in [0.15, 0.2) is 37.1 Å². The number of imidazole rings is 1. The number of hydrogen-bond acceptors (Lipinski definition) is 20. The van der Waals surface area contributed by atoms with Crippen LogP contribution in [-0.4, -0.2) is 170 Å². The summed E-state index contributed by atoms with van der Waals surface area (Å²) >= 11 is 1.38. The minimum Gasteiger partial charge on any atom is -0.458 e. The number of likely N-dealkylation sites (N-methyl/N-ethyl adjacent to an activating group) is 1. The summed E-state index contributed by atoms with van der Waals surface area (Å²) in [7, 11) is 6.85. The fraction of sp³-hybridized carbons (Fsp3) is 0.741. The lowest BCUT2D eigenvalue weighted by Gasteiger charge is -2.50. The van der Waals surface area contributed by atoms with Crippen molar-refractivity contribution in [2.24, 2.45) is 29.6 Å². The van der Waals surface area contributed by atoms with Gasteiger partial charge in [-0.1, -0.05) is 33.8 Å². The number of aliphatic hydroxyl groups excluding tert-OH is 2. The first-order valence-electron chi connectivity index (χ1n) is 26.5. The Kier molecular flexibility index (Phi) is 18.7. The van der Waals surface area contributed by atoms with Crippen LogP contribution in [0.3, 0.4) is 0 Å². The van der Waals surface area contributed by atoms with Crippen molar-refractivity contribution in [3.63, 3.8) is 0 Å². The number of rotatable bonds is 15. The van der Waals surface area contributed by atoms with E-state index in [0.717, 1.165) is 16.8 Å². The number of ketones is 1. The lowest BCUT2D eigenvalue weighted by Crippen LogP contribution is -2.61. The van der Waals surface area contributed by atoms with Crippen molar-refractivity contribution in [3.8, 4) is 0 Å². The van der Waals surface area contributed by atoms with Gasteiger partial charge in [0, 0.05) is 81.6 Å². The van der Waals surface area contributed by atoms with E-state index >= 15 is 9.59 Å². The fourth-order valence-electron chi connectivity index (χ4n) is 12.3. The third-order valence-corrected chi connectivity index (χ3v) is 18.0. The molecule has 0 amide bonds. The van der Waals surface area contributed by atoms with Crippen molar-refractivity contribution < 1.29 is 62.5 Å². The minimum atomic E-state index is -1.44. The van der Waals surface area contributed by atoms with Crippen molar-refractivity contribution in [3.05, 3.63) is 42.6 Å². The number of fused-ring (bicyclic) bond motifs is 2. The van der Waals surface area contributed by atoms with Crippen LogP contribution in [0.4, 0.5) is 11.5 Å². The molecule has 3 aromatic rings. The smallest absolute Gasteiger partial charge is 0.320 e.